The number of pyridine rings is 1. The second kappa shape index (κ2) is 8.27. The Morgan fingerprint density at radius 1 is 1.20 bits per heavy atom. The molecule has 25 heavy (non-hydrogen) atoms. The van der Waals surface area contributed by atoms with Crippen LogP contribution in [0.25, 0.3) is 0 Å². The summed E-state index contributed by atoms with van der Waals surface area (Å²) in [7, 11) is 0. The van der Waals surface area contributed by atoms with Gasteiger partial charge in [0, 0.05) is 25.3 Å². The SMILES string of the molecule is O=C1CN(C(=O)c2cocn2)CCCCc2cccc(n2)NCCN1. The fraction of sp³-hybridized carbons (Fsp3) is 0.412. The van der Waals surface area contributed by atoms with Gasteiger partial charge in [-0.05, 0) is 31.4 Å². The Kier molecular flexibility index (Phi) is 5.61. The van der Waals surface area contributed by atoms with Crippen LogP contribution < -0.4 is 10.6 Å². The summed E-state index contributed by atoms with van der Waals surface area (Å²) in [4.78, 5) is 34.5. The van der Waals surface area contributed by atoms with E-state index < -0.39 is 0 Å². The number of hydrogen-bond donors (Lipinski definition) is 2. The van der Waals surface area contributed by atoms with Gasteiger partial charge in [-0.15, -0.1) is 0 Å². The summed E-state index contributed by atoms with van der Waals surface area (Å²) in [6.45, 7) is 1.52. The molecule has 2 aromatic rings. The van der Waals surface area contributed by atoms with E-state index >= 15 is 0 Å². The van der Waals surface area contributed by atoms with Crippen molar-refractivity contribution in [2.45, 2.75) is 19.3 Å². The molecular formula is C17H21N5O3. The largest absolute Gasteiger partial charge is 0.451 e. The third kappa shape index (κ3) is 4.79. The van der Waals surface area contributed by atoms with Crippen LogP contribution in [0.5, 0.6) is 0 Å². The molecule has 0 saturated carbocycles. The van der Waals surface area contributed by atoms with Crippen molar-refractivity contribution in [2.24, 2.45) is 0 Å². The van der Waals surface area contributed by atoms with Crippen LogP contribution in [0.1, 0.15) is 29.0 Å². The normalized spacial score (nSPS) is 16.5. The van der Waals surface area contributed by atoms with Gasteiger partial charge in [-0.3, -0.25) is 9.59 Å². The van der Waals surface area contributed by atoms with Crippen molar-refractivity contribution in [1.82, 2.24) is 20.2 Å². The zero-order valence-corrected chi connectivity index (χ0v) is 13.9. The van der Waals surface area contributed by atoms with Crippen molar-refractivity contribution in [1.29, 1.82) is 0 Å². The average Bonchev–Trinajstić information content (AvgIpc) is 3.15. The molecular weight excluding hydrogens is 322 g/mol. The summed E-state index contributed by atoms with van der Waals surface area (Å²) >= 11 is 0. The molecule has 0 radical (unpaired) electrons. The smallest absolute Gasteiger partial charge is 0.276 e. The number of anilines is 1. The van der Waals surface area contributed by atoms with E-state index in [9.17, 15) is 9.59 Å². The molecule has 132 valence electrons. The predicted octanol–water partition coefficient (Wildman–Crippen LogP) is 1.08. The Morgan fingerprint density at radius 2 is 2.08 bits per heavy atom. The first-order valence-corrected chi connectivity index (χ1v) is 8.36. The van der Waals surface area contributed by atoms with E-state index in [0.717, 1.165) is 30.8 Å². The highest BCUT2D eigenvalue weighted by Gasteiger charge is 2.20. The lowest BCUT2D eigenvalue weighted by atomic mass is 10.1. The molecule has 0 aliphatic carbocycles. The molecule has 8 nitrogen and oxygen atoms in total. The van der Waals surface area contributed by atoms with Gasteiger partial charge in [0.05, 0.1) is 6.54 Å². The Labute approximate surface area is 145 Å². The van der Waals surface area contributed by atoms with E-state index in [1.54, 1.807) is 0 Å². The first kappa shape index (κ1) is 16.9. The maximum absolute atomic E-state index is 12.5. The number of nitrogens with zero attached hydrogens (tertiary/aromatic N) is 3. The molecule has 0 atom stereocenters. The lowest BCUT2D eigenvalue weighted by molar-refractivity contribution is -0.121. The van der Waals surface area contributed by atoms with Gasteiger partial charge in [0.25, 0.3) is 5.91 Å². The number of aromatic nitrogens is 2. The Bertz CT molecular complexity index is 717. The van der Waals surface area contributed by atoms with Gasteiger partial charge in [0.2, 0.25) is 5.91 Å². The van der Waals surface area contributed by atoms with E-state index in [4.69, 9.17) is 4.42 Å². The van der Waals surface area contributed by atoms with Gasteiger partial charge in [-0.2, -0.15) is 0 Å². The number of carbonyl (C=O) groups excluding carboxylic acids is 2. The summed E-state index contributed by atoms with van der Waals surface area (Å²) in [5.74, 6) is 0.318. The molecule has 2 amide bonds. The van der Waals surface area contributed by atoms with E-state index in [0.29, 0.717) is 19.6 Å². The van der Waals surface area contributed by atoms with E-state index in [-0.39, 0.29) is 24.1 Å². The second-order valence-corrected chi connectivity index (χ2v) is 5.85. The number of rotatable bonds is 1. The lowest BCUT2D eigenvalue weighted by Crippen LogP contribution is -2.42. The molecule has 2 aromatic heterocycles. The highest BCUT2D eigenvalue weighted by atomic mass is 16.3. The molecule has 0 saturated heterocycles. The van der Waals surface area contributed by atoms with Gasteiger partial charge in [-0.1, -0.05) is 6.07 Å². The highest BCUT2D eigenvalue weighted by molar-refractivity contribution is 5.94. The van der Waals surface area contributed by atoms with Crippen molar-refractivity contribution >= 4 is 17.6 Å². The number of hydrogen-bond acceptors (Lipinski definition) is 6. The maximum Gasteiger partial charge on any atom is 0.276 e. The van der Waals surface area contributed by atoms with Gasteiger partial charge >= 0.3 is 0 Å². The molecule has 8 heteroatoms. The Morgan fingerprint density at radius 3 is 2.92 bits per heavy atom. The minimum Gasteiger partial charge on any atom is -0.451 e. The Balaban J connectivity index is 1.69. The number of amides is 2. The molecule has 0 spiro atoms. The van der Waals surface area contributed by atoms with Crippen LogP contribution in [0.4, 0.5) is 5.82 Å². The van der Waals surface area contributed by atoms with Gasteiger partial charge in [-0.25, -0.2) is 9.97 Å². The van der Waals surface area contributed by atoms with Crippen molar-refractivity contribution in [3.8, 4) is 0 Å². The third-order valence-electron chi connectivity index (χ3n) is 3.94. The Hall–Kier alpha value is -2.90. The second-order valence-electron chi connectivity index (χ2n) is 5.85. The van der Waals surface area contributed by atoms with Gasteiger partial charge in [0.15, 0.2) is 12.1 Å². The standard InChI is InChI=1S/C17H21N5O3/c23-16-10-22(17(24)14-11-25-12-20-14)9-2-1-4-13-5-3-6-15(21-13)18-7-8-19-16/h3,5-6,11-12H,1-2,4,7-10H2,(H,18,21)(H,19,23). The number of nitrogens with one attached hydrogen (secondary N) is 2. The number of carbonyl (C=O) groups is 2. The average molecular weight is 343 g/mol. The molecule has 0 fully saturated rings. The zero-order valence-electron chi connectivity index (χ0n) is 13.9. The maximum atomic E-state index is 12.5. The lowest BCUT2D eigenvalue weighted by Gasteiger charge is -2.21. The molecule has 2 bridgehead atoms. The van der Waals surface area contributed by atoms with Crippen molar-refractivity contribution < 1.29 is 14.0 Å². The summed E-state index contributed by atoms with van der Waals surface area (Å²) in [6, 6.07) is 5.88. The van der Waals surface area contributed by atoms with Crippen LogP contribution in [0.15, 0.2) is 35.3 Å². The van der Waals surface area contributed by atoms with Crippen molar-refractivity contribution in [3.05, 3.63) is 42.2 Å². The van der Waals surface area contributed by atoms with Crippen LogP contribution in [-0.4, -0.2) is 52.9 Å². The fourth-order valence-corrected chi connectivity index (χ4v) is 2.68. The topological polar surface area (TPSA) is 100 Å². The first-order valence-electron chi connectivity index (χ1n) is 8.36. The van der Waals surface area contributed by atoms with E-state index in [2.05, 4.69) is 20.6 Å². The molecule has 3 rings (SSSR count). The number of aryl methyl sites for hydroxylation is 1. The van der Waals surface area contributed by atoms with E-state index in [1.165, 1.54) is 17.6 Å². The summed E-state index contributed by atoms with van der Waals surface area (Å²) in [6.07, 6.45) is 4.98. The molecule has 1 aliphatic heterocycles. The van der Waals surface area contributed by atoms with Crippen LogP contribution >= 0.6 is 0 Å². The predicted molar refractivity (Wildman–Crippen MR) is 91.1 cm³/mol. The quantitative estimate of drug-likeness (QED) is 0.803. The zero-order chi connectivity index (χ0) is 17.5. The first-order chi connectivity index (χ1) is 12.2. The fourth-order valence-electron chi connectivity index (χ4n) is 2.68. The number of oxazole rings is 1. The molecule has 0 aromatic carbocycles. The summed E-state index contributed by atoms with van der Waals surface area (Å²) < 4.78 is 4.87. The minimum absolute atomic E-state index is 0.00917. The molecule has 1 aliphatic rings. The van der Waals surface area contributed by atoms with Crippen LogP contribution in [-0.2, 0) is 11.2 Å². The summed E-state index contributed by atoms with van der Waals surface area (Å²) in [5, 5.41) is 5.99. The van der Waals surface area contributed by atoms with E-state index in [1.807, 2.05) is 18.2 Å². The van der Waals surface area contributed by atoms with Gasteiger partial charge < -0.3 is 20.0 Å². The van der Waals surface area contributed by atoms with Crippen molar-refractivity contribution in [2.75, 3.05) is 31.5 Å². The van der Waals surface area contributed by atoms with Crippen LogP contribution in [0.3, 0.4) is 0 Å². The molecule has 0 unspecified atom stereocenters. The third-order valence-corrected chi connectivity index (χ3v) is 3.94. The van der Waals surface area contributed by atoms with Crippen LogP contribution in [0.2, 0.25) is 0 Å². The number of fused-ring (bicyclic) bond motifs is 2. The monoisotopic (exact) mass is 343 g/mol. The molecule has 3 heterocycles. The highest BCUT2D eigenvalue weighted by Crippen LogP contribution is 2.10. The summed E-state index contributed by atoms with van der Waals surface area (Å²) in [5.41, 5.74) is 1.23. The molecule has 2 N–H and O–H groups in total. The van der Waals surface area contributed by atoms with Gasteiger partial charge in [0.1, 0.15) is 12.1 Å². The van der Waals surface area contributed by atoms with Crippen molar-refractivity contribution in [3.63, 3.8) is 0 Å². The van der Waals surface area contributed by atoms with Crippen LogP contribution in [0, 0.1) is 0 Å². The minimum atomic E-state index is -0.297.